The Morgan fingerprint density at radius 3 is 2.75 bits per heavy atom. The first-order valence-electron chi connectivity index (χ1n) is 3.78. The first-order chi connectivity index (χ1) is 5.72. The Kier molecular flexibility index (Phi) is 3.13. The van der Waals surface area contributed by atoms with Crippen LogP contribution in [0.5, 0.6) is 0 Å². The molecule has 1 rings (SSSR count). The predicted octanol–water partition coefficient (Wildman–Crippen LogP) is 0.0492. The van der Waals surface area contributed by atoms with Crippen LogP contribution < -0.4 is 11.5 Å². The van der Waals surface area contributed by atoms with Gasteiger partial charge in [-0.3, -0.25) is 0 Å². The van der Waals surface area contributed by atoms with Crippen molar-refractivity contribution in [1.82, 2.24) is 4.98 Å². The highest BCUT2D eigenvalue weighted by Crippen LogP contribution is 2.01. The molecule has 1 aromatic rings. The Bertz CT molecular complexity index is 235. The molecule has 3 nitrogen and oxygen atoms in total. The summed E-state index contributed by atoms with van der Waals surface area (Å²) in [6, 6.07) is 2.91. The molecule has 0 fully saturated rings. The van der Waals surface area contributed by atoms with Crippen LogP contribution in [0.15, 0.2) is 18.3 Å². The van der Waals surface area contributed by atoms with Gasteiger partial charge in [0.05, 0.1) is 0 Å². The maximum atomic E-state index is 12.3. The summed E-state index contributed by atoms with van der Waals surface area (Å²) in [6.45, 7) is 0.428. The van der Waals surface area contributed by atoms with Gasteiger partial charge in [0.15, 0.2) is 0 Å². The molecule has 0 aliphatic heterocycles. The smallest absolute Gasteiger partial charge is 0.212 e. The number of nitrogens with zero attached hydrogens (tertiary/aromatic N) is 1. The summed E-state index contributed by atoms with van der Waals surface area (Å²) in [4.78, 5) is 3.50. The van der Waals surface area contributed by atoms with Gasteiger partial charge < -0.3 is 11.5 Å². The van der Waals surface area contributed by atoms with E-state index in [1.54, 1.807) is 6.07 Å². The molecule has 1 atom stereocenters. The van der Waals surface area contributed by atoms with Gasteiger partial charge in [0.25, 0.3) is 0 Å². The van der Waals surface area contributed by atoms with E-state index in [0.29, 0.717) is 13.0 Å². The minimum absolute atomic E-state index is 0.0720. The molecule has 0 radical (unpaired) electrons. The van der Waals surface area contributed by atoms with Crippen LogP contribution in [0.4, 0.5) is 4.39 Å². The number of hydrogen-bond acceptors (Lipinski definition) is 3. The van der Waals surface area contributed by atoms with Gasteiger partial charge in [-0.1, -0.05) is 6.07 Å². The number of halogens is 1. The van der Waals surface area contributed by atoms with E-state index in [9.17, 15) is 4.39 Å². The van der Waals surface area contributed by atoms with E-state index in [2.05, 4.69) is 4.98 Å². The number of rotatable bonds is 3. The quantitative estimate of drug-likeness (QED) is 0.628. The van der Waals surface area contributed by atoms with Crippen LogP contribution in [0, 0.1) is 5.95 Å². The maximum absolute atomic E-state index is 12.3. The Labute approximate surface area is 70.6 Å². The molecule has 0 aliphatic carbocycles. The summed E-state index contributed by atoms with van der Waals surface area (Å²) >= 11 is 0. The summed E-state index contributed by atoms with van der Waals surface area (Å²) < 4.78 is 12.3. The van der Waals surface area contributed by atoms with E-state index >= 15 is 0 Å². The third kappa shape index (κ3) is 2.56. The van der Waals surface area contributed by atoms with Crippen LogP contribution in [0.25, 0.3) is 0 Å². The minimum Gasteiger partial charge on any atom is -0.329 e. The summed E-state index contributed by atoms with van der Waals surface area (Å²) in [7, 11) is 0. The lowest BCUT2D eigenvalue weighted by Crippen LogP contribution is -2.31. The number of nitrogens with two attached hydrogens (primary N) is 2. The predicted molar refractivity (Wildman–Crippen MR) is 44.9 cm³/mol. The molecule has 0 spiro atoms. The van der Waals surface area contributed by atoms with Crippen molar-refractivity contribution in [2.24, 2.45) is 11.5 Å². The van der Waals surface area contributed by atoms with Crippen molar-refractivity contribution in [3.63, 3.8) is 0 Å². The lowest BCUT2D eigenvalue weighted by atomic mass is 10.1. The maximum Gasteiger partial charge on any atom is 0.212 e. The van der Waals surface area contributed by atoms with Crippen LogP contribution in [0.2, 0.25) is 0 Å². The zero-order valence-electron chi connectivity index (χ0n) is 6.70. The van der Waals surface area contributed by atoms with Crippen molar-refractivity contribution in [2.75, 3.05) is 6.54 Å². The van der Waals surface area contributed by atoms with Gasteiger partial charge in [-0.2, -0.15) is 4.39 Å². The van der Waals surface area contributed by atoms with Crippen LogP contribution in [0.3, 0.4) is 0 Å². The van der Waals surface area contributed by atoms with E-state index in [-0.39, 0.29) is 6.04 Å². The molecule has 0 saturated carbocycles. The lowest BCUT2D eigenvalue weighted by molar-refractivity contribution is 0.580. The molecule has 12 heavy (non-hydrogen) atoms. The fourth-order valence-electron chi connectivity index (χ4n) is 0.913. The van der Waals surface area contributed by atoms with Crippen LogP contribution in [-0.4, -0.2) is 17.6 Å². The standard InChI is InChI=1S/C8H12FN3/c9-8-2-1-6(5-12-8)3-7(11)4-10/h1-2,5,7H,3-4,10-11H2. The van der Waals surface area contributed by atoms with E-state index in [4.69, 9.17) is 11.5 Å². The third-order valence-corrected chi connectivity index (χ3v) is 1.59. The second-order valence-electron chi connectivity index (χ2n) is 2.69. The van der Waals surface area contributed by atoms with Crippen molar-refractivity contribution < 1.29 is 4.39 Å². The SMILES string of the molecule is NCC(N)Cc1ccc(F)nc1. The Hall–Kier alpha value is -1.00. The number of hydrogen-bond donors (Lipinski definition) is 2. The highest BCUT2D eigenvalue weighted by Gasteiger charge is 2.01. The lowest BCUT2D eigenvalue weighted by Gasteiger charge is -2.07. The molecule has 1 heterocycles. The molecule has 0 bridgehead atoms. The van der Waals surface area contributed by atoms with Crippen molar-refractivity contribution in [1.29, 1.82) is 0 Å². The minimum atomic E-state index is -0.472. The normalized spacial score (nSPS) is 12.9. The molecule has 4 heteroatoms. The Morgan fingerprint density at radius 1 is 1.50 bits per heavy atom. The van der Waals surface area contributed by atoms with Crippen LogP contribution in [-0.2, 0) is 6.42 Å². The van der Waals surface area contributed by atoms with E-state index in [1.165, 1.54) is 12.3 Å². The van der Waals surface area contributed by atoms with E-state index in [1.807, 2.05) is 0 Å². The van der Waals surface area contributed by atoms with Gasteiger partial charge in [0.1, 0.15) is 0 Å². The van der Waals surface area contributed by atoms with Gasteiger partial charge in [-0.25, -0.2) is 4.98 Å². The van der Waals surface area contributed by atoms with Crippen LogP contribution in [0.1, 0.15) is 5.56 Å². The van der Waals surface area contributed by atoms with Crippen molar-refractivity contribution in [3.8, 4) is 0 Å². The number of aromatic nitrogens is 1. The average Bonchev–Trinajstić information content (AvgIpc) is 2.09. The largest absolute Gasteiger partial charge is 0.329 e. The topological polar surface area (TPSA) is 64.9 Å². The summed E-state index contributed by atoms with van der Waals surface area (Å²) in [5, 5.41) is 0. The highest BCUT2D eigenvalue weighted by molar-refractivity contribution is 5.10. The second kappa shape index (κ2) is 4.13. The molecule has 1 aromatic heterocycles. The summed E-state index contributed by atoms with van der Waals surface area (Å²) in [5.41, 5.74) is 11.8. The number of pyridine rings is 1. The molecule has 0 aliphatic rings. The summed E-state index contributed by atoms with van der Waals surface area (Å²) in [5.74, 6) is -0.472. The van der Waals surface area contributed by atoms with Gasteiger partial charge in [0.2, 0.25) is 5.95 Å². The molecular formula is C8H12FN3. The monoisotopic (exact) mass is 169 g/mol. The van der Waals surface area contributed by atoms with Crippen molar-refractivity contribution >= 4 is 0 Å². The van der Waals surface area contributed by atoms with E-state index < -0.39 is 5.95 Å². The van der Waals surface area contributed by atoms with E-state index in [0.717, 1.165) is 5.56 Å². The molecule has 0 saturated heterocycles. The molecule has 4 N–H and O–H groups in total. The van der Waals surface area contributed by atoms with Gasteiger partial charge in [-0.05, 0) is 18.1 Å². The fraction of sp³-hybridized carbons (Fsp3) is 0.375. The first-order valence-corrected chi connectivity index (χ1v) is 3.78. The van der Waals surface area contributed by atoms with Gasteiger partial charge in [-0.15, -0.1) is 0 Å². The van der Waals surface area contributed by atoms with Crippen LogP contribution >= 0.6 is 0 Å². The average molecular weight is 169 g/mol. The van der Waals surface area contributed by atoms with Crippen molar-refractivity contribution in [2.45, 2.75) is 12.5 Å². The molecule has 0 aromatic carbocycles. The molecular weight excluding hydrogens is 157 g/mol. The summed E-state index contributed by atoms with van der Waals surface area (Å²) in [6.07, 6.45) is 2.12. The third-order valence-electron chi connectivity index (χ3n) is 1.59. The zero-order valence-corrected chi connectivity index (χ0v) is 6.70. The molecule has 1 unspecified atom stereocenters. The first kappa shape index (κ1) is 9.09. The van der Waals surface area contributed by atoms with Gasteiger partial charge in [0, 0.05) is 18.8 Å². The van der Waals surface area contributed by atoms with Crippen molar-refractivity contribution in [3.05, 3.63) is 29.8 Å². The van der Waals surface area contributed by atoms with Gasteiger partial charge >= 0.3 is 0 Å². The molecule has 66 valence electrons. The second-order valence-corrected chi connectivity index (χ2v) is 2.69. The molecule has 0 amide bonds. The zero-order chi connectivity index (χ0) is 8.97. The Balaban J connectivity index is 2.58. The fourth-order valence-corrected chi connectivity index (χ4v) is 0.913. The highest BCUT2D eigenvalue weighted by atomic mass is 19.1. The Morgan fingerprint density at radius 2 is 2.25 bits per heavy atom.